The van der Waals surface area contributed by atoms with Crippen LogP contribution >= 0.6 is 0 Å². The largest absolute Gasteiger partial charge is 0.481 e. The molecule has 3 rings (SSSR count). The third kappa shape index (κ3) is 2.58. The van der Waals surface area contributed by atoms with Gasteiger partial charge in [0, 0.05) is 18.8 Å². The lowest BCUT2D eigenvalue weighted by atomic mass is 9.97. The summed E-state index contributed by atoms with van der Waals surface area (Å²) < 4.78 is 27.2. The maximum atomic E-state index is 13.1. The molecule has 2 aromatic rings. The van der Waals surface area contributed by atoms with Gasteiger partial charge in [0.05, 0.1) is 5.92 Å². The first kappa shape index (κ1) is 14.6. The number of alkyl halides is 2. The summed E-state index contributed by atoms with van der Waals surface area (Å²) in [5.41, 5.74) is 0.202. The summed E-state index contributed by atoms with van der Waals surface area (Å²) in [6.45, 7) is 2.59. The molecule has 0 atom stereocenters. The van der Waals surface area contributed by atoms with Crippen molar-refractivity contribution in [1.29, 1.82) is 0 Å². The number of nitrogens with zero attached hydrogens (tertiary/aromatic N) is 5. The van der Waals surface area contributed by atoms with E-state index >= 15 is 0 Å². The van der Waals surface area contributed by atoms with Gasteiger partial charge in [-0.1, -0.05) is 0 Å². The first-order valence-electron chi connectivity index (χ1n) is 6.96. The van der Waals surface area contributed by atoms with Gasteiger partial charge in [0.25, 0.3) is 12.2 Å². The van der Waals surface area contributed by atoms with Crippen LogP contribution in [-0.4, -0.2) is 43.7 Å². The standard InChI is InChI=1S/C13H15F2N5O2/c1-7-6-9(10(14)15)20-12(16-7)17-13(18-20)19-4-2-8(3-5-19)11(21)22/h6,8,10H,2-5H2,1H3,(H,21,22). The van der Waals surface area contributed by atoms with E-state index < -0.39 is 12.4 Å². The summed E-state index contributed by atoms with van der Waals surface area (Å²) in [6.07, 6.45) is -1.70. The molecule has 0 unspecified atom stereocenters. The van der Waals surface area contributed by atoms with Crippen molar-refractivity contribution < 1.29 is 18.7 Å². The predicted octanol–water partition coefficient (Wildman–Crippen LogP) is 1.67. The van der Waals surface area contributed by atoms with Crippen LogP contribution in [0.25, 0.3) is 5.78 Å². The number of hydrogen-bond acceptors (Lipinski definition) is 5. The maximum absolute atomic E-state index is 13.1. The third-order valence-corrected chi connectivity index (χ3v) is 3.81. The Bertz CT molecular complexity index is 710. The molecular weight excluding hydrogens is 296 g/mol. The highest BCUT2D eigenvalue weighted by atomic mass is 19.3. The summed E-state index contributed by atoms with van der Waals surface area (Å²) in [5.74, 6) is -0.736. The summed E-state index contributed by atoms with van der Waals surface area (Å²) in [6, 6.07) is 1.28. The fraction of sp³-hybridized carbons (Fsp3) is 0.538. The van der Waals surface area contributed by atoms with Gasteiger partial charge in [0.15, 0.2) is 0 Å². The molecule has 0 amide bonds. The maximum Gasteiger partial charge on any atom is 0.306 e. The van der Waals surface area contributed by atoms with Gasteiger partial charge in [-0.15, -0.1) is 5.10 Å². The van der Waals surface area contributed by atoms with Crippen LogP contribution in [0.3, 0.4) is 0 Å². The van der Waals surface area contributed by atoms with Crippen LogP contribution in [-0.2, 0) is 4.79 Å². The van der Waals surface area contributed by atoms with Crippen LogP contribution in [0.4, 0.5) is 14.7 Å². The van der Waals surface area contributed by atoms with E-state index in [4.69, 9.17) is 5.11 Å². The molecule has 0 aromatic carbocycles. The number of halogens is 2. The van der Waals surface area contributed by atoms with Gasteiger partial charge in [-0.2, -0.15) is 9.50 Å². The van der Waals surface area contributed by atoms with Crippen LogP contribution in [0.2, 0.25) is 0 Å². The molecule has 1 saturated heterocycles. The summed E-state index contributed by atoms with van der Waals surface area (Å²) in [5, 5.41) is 13.1. The molecule has 1 aliphatic rings. The van der Waals surface area contributed by atoms with E-state index in [1.807, 2.05) is 0 Å². The Kier molecular flexibility index (Phi) is 3.63. The predicted molar refractivity (Wildman–Crippen MR) is 73.0 cm³/mol. The van der Waals surface area contributed by atoms with Crippen LogP contribution in [0.15, 0.2) is 6.07 Å². The quantitative estimate of drug-likeness (QED) is 0.928. The van der Waals surface area contributed by atoms with Crippen LogP contribution in [0, 0.1) is 12.8 Å². The van der Waals surface area contributed by atoms with Crippen molar-refractivity contribution in [2.45, 2.75) is 26.2 Å². The van der Waals surface area contributed by atoms with Crippen molar-refractivity contribution in [3.63, 3.8) is 0 Å². The zero-order valence-corrected chi connectivity index (χ0v) is 11.9. The van der Waals surface area contributed by atoms with Crippen molar-refractivity contribution in [2.75, 3.05) is 18.0 Å². The number of aryl methyl sites for hydroxylation is 1. The van der Waals surface area contributed by atoms with Crippen molar-refractivity contribution in [3.05, 3.63) is 17.5 Å². The monoisotopic (exact) mass is 311 g/mol. The zero-order chi connectivity index (χ0) is 15.9. The van der Waals surface area contributed by atoms with E-state index in [1.165, 1.54) is 6.07 Å². The number of anilines is 1. The van der Waals surface area contributed by atoms with Crippen LogP contribution in [0.5, 0.6) is 0 Å². The van der Waals surface area contributed by atoms with Gasteiger partial charge < -0.3 is 10.0 Å². The molecule has 3 heterocycles. The van der Waals surface area contributed by atoms with E-state index in [0.29, 0.717) is 37.6 Å². The number of aromatic nitrogens is 4. The zero-order valence-electron chi connectivity index (χ0n) is 11.9. The number of piperidine rings is 1. The lowest BCUT2D eigenvalue weighted by Gasteiger charge is -2.28. The Labute approximate surface area is 124 Å². The molecule has 0 bridgehead atoms. The molecular formula is C13H15F2N5O2. The van der Waals surface area contributed by atoms with Gasteiger partial charge in [-0.3, -0.25) is 4.79 Å². The molecule has 2 aromatic heterocycles. The molecule has 9 heteroatoms. The lowest BCUT2D eigenvalue weighted by Crippen LogP contribution is -2.36. The molecule has 118 valence electrons. The Morgan fingerprint density at radius 1 is 1.36 bits per heavy atom. The van der Waals surface area contributed by atoms with Gasteiger partial charge >= 0.3 is 5.97 Å². The minimum absolute atomic E-state index is 0.130. The molecule has 1 N–H and O–H groups in total. The molecule has 1 fully saturated rings. The van der Waals surface area contributed by atoms with E-state index in [0.717, 1.165) is 4.52 Å². The summed E-state index contributed by atoms with van der Waals surface area (Å²) in [4.78, 5) is 21.1. The van der Waals surface area contributed by atoms with Crippen LogP contribution in [0.1, 0.15) is 30.7 Å². The molecule has 22 heavy (non-hydrogen) atoms. The number of rotatable bonds is 3. The number of carbonyl (C=O) groups is 1. The van der Waals surface area contributed by atoms with E-state index in [2.05, 4.69) is 15.1 Å². The number of carboxylic acid groups (broad SMARTS) is 1. The molecule has 1 aliphatic heterocycles. The highest BCUT2D eigenvalue weighted by Crippen LogP contribution is 2.24. The fourth-order valence-corrected chi connectivity index (χ4v) is 2.62. The minimum Gasteiger partial charge on any atom is -0.481 e. The Morgan fingerprint density at radius 2 is 2.05 bits per heavy atom. The van der Waals surface area contributed by atoms with Crippen molar-refractivity contribution in [2.24, 2.45) is 5.92 Å². The highest BCUT2D eigenvalue weighted by molar-refractivity contribution is 5.70. The van der Waals surface area contributed by atoms with Crippen molar-refractivity contribution in [1.82, 2.24) is 19.6 Å². The number of carboxylic acids is 1. The van der Waals surface area contributed by atoms with Crippen molar-refractivity contribution in [3.8, 4) is 0 Å². The smallest absolute Gasteiger partial charge is 0.306 e. The average molecular weight is 311 g/mol. The Morgan fingerprint density at radius 3 is 2.64 bits per heavy atom. The second-order valence-corrected chi connectivity index (χ2v) is 5.35. The van der Waals surface area contributed by atoms with E-state index in [-0.39, 0.29) is 17.4 Å². The average Bonchev–Trinajstić information content (AvgIpc) is 2.89. The van der Waals surface area contributed by atoms with Crippen LogP contribution < -0.4 is 4.90 Å². The molecule has 0 aliphatic carbocycles. The minimum atomic E-state index is -2.67. The van der Waals surface area contributed by atoms with E-state index in [9.17, 15) is 13.6 Å². The molecule has 0 radical (unpaired) electrons. The lowest BCUT2D eigenvalue weighted by molar-refractivity contribution is -0.142. The molecule has 0 saturated carbocycles. The van der Waals surface area contributed by atoms with Gasteiger partial charge in [-0.05, 0) is 25.8 Å². The Hall–Kier alpha value is -2.32. The summed E-state index contributed by atoms with van der Waals surface area (Å²) >= 11 is 0. The second kappa shape index (κ2) is 5.47. The second-order valence-electron chi connectivity index (χ2n) is 5.35. The van der Waals surface area contributed by atoms with Gasteiger partial charge in [0.1, 0.15) is 5.69 Å². The first-order chi connectivity index (χ1) is 10.5. The van der Waals surface area contributed by atoms with E-state index in [1.54, 1.807) is 11.8 Å². The highest BCUT2D eigenvalue weighted by Gasteiger charge is 2.27. The number of fused-ring (bicyclic) bond motifs is 1. The first-order valence-corrected chi connectivity index (χ1v) is 6.96. The molecule has 0 spiro atoms. The topological polar surface area (TPSA) is 83.6 Å². The third-order valence-electron chi connectivity index (χ3n) is 3.81. The Balaban J connectivity index is 1.90. The SMILES string of the molecule is Cc1cc(C(F)F)n2nc(N3CCC(C(=O)O)CC3)nc2n1. The fourth-order valence-electron chi connectivity index (χ4n) is 2.62. The van der Waals surface area contributed by atoms with Gasteiger partial charge in [0.2, 0.25) is 5.95 Å². The number of hydrogen-bond donors (Lipinski definition) is 1. The van der Waals surface area contributed by atoms with Crippen molar-refractivity contribution >= 4 is 17.7 Å². The normalized spacial score (nSPS) is 16.6. The number of aliphatic carboxylic acids is 1. The molecule has 7 nitrogen and oxygen atoms in total. The van der Waals surface area contributed by atoms with Gasteiger partial charge in [-0.25, -0.2) is 13.8 Å². The summed E-state index contributed by atoms with van der Waals surface area (Å²) in [7, 11) is 0.